The molecule has 3 heterocycles. The highest BCUT2D eigenvalue weighted by molar-refractivity contribution is 7.12. The molecule has 0 radical (unpaired) electrons. The zero-order chi connectivity index (χ0) is 22.4. The summed E-state index contributed by atoms with van der Waals surface area (Å²) in [6.45, 7) is 0. The van der Waals surface area contributed by atoms with Gasteiger partial charge in [0.1, 0.15) is 16.9 Å². The summed E-state index contributed by atoms with van der Waals surface area (Å²) < 4.78 is 13.4. The highest BCUT2D eigenvalue weighted by Gasteiger charge is 2.29. The van der Waals surface area contributed by atoms with Crippen LogP contribution in [-0.4, -0.2) is 22.6 Å². The van der Waals surface area contributed by atoms with Gasteiger partial charge in [-0.2, -0.15) is 0 Å². The van der Waals surface area contributed by atoms with Gasteiger partial charge in [0.25, 0.3) is 0 Å². The van der Waals surface area contributed by atoms with E-state index in [2.05, 4.69) is 28.1 Å². The maximum atomic E-state index is 12.5. The molecule has 1 N–H and O–H groups in total. The van der Waals surface area contributed by atoms with Gasteiger partial charge in [-0.25, -0.2) is 9.78 Å². The summed E-state index contributed by atoms with van der Waals surface area (Å²) in [6, 6.07) is 25.5. The molecule has 33 heavy (non-hydrogen) atoms. The molecule has 1 aliphatic heterocycles. The maximum Gasteiger partial charge on any atom is 0.353 e. The van der Waals surface area contributed by atoms with Crippen molar-refractivity contribution in [2.75, 3.05) is 12.4 Å². The van der Waals surface area contributed by atoms with Crippen molar-refractivity contribution in [2.24, 2.45) is 0 Å². The molecular weight excluding hydrogens is 434 g/mol. The van der Waals surface area contributed by atoms with Crippen LogP contribution in [0.25, 0.3) is 22.4 Å². The lowest BCUT2D eigenvalue weighted by molar-refractivity contribution is 0.0734. The van der Waals surface area contributed by atoms with Crippen LogP contribution in [0.3, 0.4) is 0 Å². The van der Waals surface area contributed by atoms with E-state index in [0.29, 0.717) is 16.4 Å². The molecule has 2 aromatic heterocycles. The van der Waals surface area contributed by atoms with Gasteiger partial charge in [-0.3, -0.25) is 4.57 Å². The van der Waals surface area contributed by atoms with Crippen LogP contribution in [0.5, 0.6) is 11.5 Å². The standard InChI is InChI=1S/C26H19N3O3S/c1-31-22-15-16(12-13-21(22)32-26(30)23-11-6-14-33-23)24-27-18-8-3-2-7-17(18)25-28-19-9-4-5-10-20(19)29(24)25/h2-15,24,27H,1H3/t24-/m1/s1. The molecule has 1 aliphatic rings. The number of carbonyl (C=O) groups excluding carboxylic acids is 1. The van der Waals surface area contributed by atoms with Crippen LogP contribution in [-0.2, 0) is 0 Å². The summed E-state index contributed by atoms with van der Waals surface area (Å²) in [5.74, 6) is 1.38. The number of nitrogens with one attached hydrogen (secondary N) is 1. The summed E-state index contributed by atoms with van der Waals surface area (Å²) in [5.41, 5.74) is 4.99. The lowest BCUT2D eigenvalue weighted by Crippen LogP contribution is -2.24. The van der Waals surface area contributed by atoms with Gasteiger partial charge < -0.3 is 14.8 Å². The third-order valence-corrected chi connectivity index (χ3v) is 6.59. The first-order chi connectivity index (χ1) is 16.2. The second-order valence-electron chi connectivity index (χ2n) is 7.66. The Morgan fingerprint density at radius 3 is 2.70 bits per heavy atom. The molecular formula is C26H19N3O3S. The smallest absolute Gasteiger partial charge is 0.353 e. The van der Waals surface area contributed by atoms with Crippen LogP contribution in [0, 0.1) is 0 Å². The summed E-state index contributed by atoms with van der Waals surface area (Å²) in [6.07, 6.45) is -0.210. The number of carbonyl (C=O) groups is 1. The fourth-order valence-corrected chi connectivity index (χ4v) is 4.83. The lowest BCUT2D eigenvalue weighted by Gasteiger charge is -2.30. The Hall–Kier alpha value is -4.10. The average Bonchev–Trinajstić information content (AvgIpc) is 3.52. The number of esters is 1. The van der Waals surface area contributed by atoms with Crippen LogP contribution in [0.4, 0.5) is 5.69 Å². The molecule has 0 amide bonds. The van der Waals surface area contributed by atoms with Gasteiger partial charge in [-0.1, -0.05) is 36.4 Å². The van der Waals surface area contributed by atoms with Gasteiger partial charge in [-0.15, -0.1) is 11.3 Å². The number of hydrogen-bond donors (Lipinski definition) is 1. The van der Waals surface area contributed by atoms with Gasteiger partial charge in [-0.05, 0) is 53.4 Å². The van der Waals surface area contributed by atoms with E-state index in [0.717, 1.165) is 33.7 Å². The second kappa shape index (κ2) is 7.79. The van der Waals surface area contributed by atoms with E-state index < -0.39 is 5.97 Å². The Labute approximate surface area is 194 Å². The van der Waals surface area contributed by atoms with Crippen molar-refractivity contribution >= 4 is 34.0 Å². The number of hydrogen-bond acceptors (Lipinski definition) is 6. The summed E-state index contributed by atoms with van der Waals surface area (Å²) in [7, 11) is 1.57. The van der Waals surface area contributed by atoms with Crippen LogP contribution < -0.4 is 14.8 Å². The molecule has 0 saturated carbocycles. The molecule has 3 aromatic carbocycles. The van der Waals surface area contributed by atoms with E-state index in [1.54, 1.807) is 19.2 Å². The predicted molar refractivity (Wildman–Crippen MR) is 129 cm³/mol. The van der Waals surface area contributed by atoms with Crippen molar-refractivity contribution in [3.8, 4) is 22.9 Å². The number of methoxy groups -OCH3 is 1. The minimum Gasteiger partial charge on any atom is -0.493 e. The van der Waals surface area contributed by atoms with Crippen molar-refractivity contribution < 1.29 is 14.3 Å². The Bertz CT molecular complexity index is 1490. The minimum absolute atomic E-state index is 0.210. The number of imidazole rings is 1. The minimum atomic E-state index is -0.399. The van der Waals surface area contributed by atoms with E-state index in [4.69, 9.17) is 14.5 Å². The van der Waals surface area contributed by atoms with E-state index >= 15 is 0 Å². The molecule has 0 spiro atoms. The SMILES string of the molecule is COc1cc([C@@H]2Nc3ccccc3-c3nc4ccccc4n32)ccc1OC(=O)c1cccs1. The molecule has 0 unspecified atom stereocenters. The highest BCUT2D eigenvalue weighted by atomic mass is 32.1. The Morgan fingerprint density at radius 1 is 1.00 bits per heavy atom. The van der Waals surface area contributed by atoms with Crippen molar-refractivity contribution in [2.45, 2.75) is 6.17 Å². The number of benzene rings is 3. The number of anilines is 1. The first-order valence-electron chi connectivity index (χ1n) is 10.5. The monoisotopic (exact) mass is 453 g/mol. The average molecular weight is 454 g/mol. The van der Waals surface area contributed by atoms with Crippen molar-refractivity contribution in [1.82, 2.24) is 9.55 Å². The molecule has 6 rings (SSSR count). The van der Waals surface area contributed by atoms with Crippen molar-refractivity contribution in [1.29, 1.82) is 0 Å². The number of para-hydroxylation sites is 3. The number of nitrogens with zero attached hydrogens (tertiary/aromatic N) is 2. The molecule has 0 bridgehead atoms. The van der Waals surface area contributed by atoms with Crippen molar-refractivity contribution in [3.05, 3.63) is 94.7 Å². The van der Waals surface area contributed by atoms with Crippen LogP contribution in [0.15, 0.2) is 84.2 Å². The summed E-state index contributed by atoms with van der Waals surface area (Å²) in [5, 5.41) is 5.49. The Morgan fingerprint density at radius 2 is 1.85 bits per heavy atom. The fourth-order valence-electron chi connectivity index (χ4n) is 4.23. The molecule has 0 saturated heterocycles. The van der Waals surface area contributed by atoms with Gasteiger partial charge in [0.05, 0.1) is 18.1 Å². The molecule has 0 fully saturated rings. The van der Waals surface area contributed by atoms with Crippen LogP contribution in [0.1, 0.15) is 21.4 Å². The second-order valence-corrected chi connectivity index (χ2v) is 8.61. The maximum absolute atomic E-state index is 12.5. The molecule has 6 nitrogen and oxygen atoms in total. The number of ether oxygens (including phenoxy) is 2. The predicted octanol–water partition coefficient (Wildman–Crippen LogP) is 5.97. The number of rotatable bonds is 4. The van der Waals surface area contributed by atoms with E-state index in [-0.39, 0.29) is 6.17 Å². The molecule has 1 atom stereocenters. The quantitative estimate of drug-likeness (QED) is 0.268. The van der Waals surface area contributed by atoms with Crippen LogP contribution in [0.2, 0.25) is 0 Å². The largest absolute Gasteiger partial charge is 0.493 e. The third-order valence-electron chi connectivity index (χ3n) is 5.74. The zero-order valence-corrected chi connectivity index (χ0v) is 18.5. The molecule has 7 heteroatoms. The number of aromatic nitrogens is 2. The van der Waals surface area contributed by atoms with Gasteiger partial charge in [0.2, 0.25) is 0 Å². The molecule has 162 valence electrons. The summed E-state index contributed by atoms with van der Waals surface area (Å²) >= 11 is 1.34. The van der Waals surface area contributed by atoms with Gasteiger partial charge in [0, 0.05) is 11.3 Å². The topological polar surface area (TPSA) is 65.4 Å². The van der Waals surface area contributed by atoms with Gasteiger partial charge in [0.15, 0.2) is 11.5 Å². The Balaban J connectivity index is 1.44. The first kappa shape index (κ1) is 19.6. The van der Waals surface area contributed by atoms with E-state index in [1.165, 1.54) is 11.3 Å². The lowest BCUT2D eigenvalue weighted by atomic mass is 10.1. The van der Waals surface area contributed by atoms with Crippen molar-refractivity contribution in [3.63, 3.8) is 0 Å². The number of thiophene rings is 1. The fraction of sp³-hybridized carbons (Fsp3) is 0.0769. The molecule has 0 aliphatic carbocycles. The van der Waals surface area contributed by atoms with Crippen LogP contribution >= 0.6 is 11.3 Å². The molecule has 5 aromatic rings. The third kappa shape index (κ3) is 3.25. The van der Waals surface area contributed by atoms with E-state index in [9.17, 15) is 4.79 Å². The van der Waals surface area contributed by atoms with E-state index in [1.807, 2.05) is 53.9 Å². The Kier molecular flexibility index (Phi) is 4.62. The highest BCUT2D eigenvalue weighted by Crippen LogP contribution is 2.42. The number of fused-ring (bicyclic) bond motifs is 5. The van der Waals surface area contributed by atoms with Gasteiger partial charge >= 0.3 is 5.97 Å². The summed E-state index contributed by atoms with van der Waals surface area (Å²) in [4.78, 5) is 17.9. The first-order valence-corrected chi connectivity index (χ1v) is 11.4. The zero-order valence-electron chi connectivity index (χ0n) is 17.7. The normalized spacial score (nSPS) is 14.3.